The summed E-state index contributed by atoms with van der Waals surface area (Å²) in [6, 6.07) is 6.71. The molecule has 2 rings (SSSR count). The van der Waals surface area contributed by atoms with Crippen LogP contribution < -0.4 is 4.72 Å². The van der Waals surface area contributed by atoms with E-state index in [1.807, 2.05) is 20.8 Å². The number of likely N-dealkylation sites (tertiary alicyclic amines) is 1. The largest absolute Gasteiger partial charge is 0.456 e. The third-order valence-electron chi connectivity index (χ3n) is 4.79. The van der Waals surface area contributed by atoms with Gasteiger partial charge in [-0.1, -0.05) is 17.7 Å². The SMILES string of the molecule is Cc1ccc(S(=O)(=O)NCCC(=O)OCC(=O)N2C(C)CCCC2C)cc1. The monoisotopic (exact) mass is 396 g/mol. The standard InChI is InChI=1S/C19H28N2O5S/c1-14-7-9-17(10-8-14)27(24,25)20-12-11-19(23)26-13-18(22)21-15(2)5-4-6-16(21)3/h7-10,15-16,20H,4-6,11-13H2,1-3H3. The number of sulfonamides is 1. The molecule has 0 aromatic heterocycles. The van der Waals surface area contributed by atoms with Crippen molar-refractivity contribution in [2.75, 3.05) is 13.2 Å². The van der Waals surface area contributed by atoms with Gasteiger partial charge in [0, 0.05) is 18.6 Å². The Balaban J connectivity index is 1.76. The highest BCUT2D eigenvalue weighted by Gasteiger charge is 2.29. The highest BCUT2D eigenvalue weighted by atomic mass is 32.2. The van der Waals surface area contributed by atoms with Crippen LogP contribution >= 0.6 is 0 Å². The summed E-state index contributed by atoms with van der Waals surface area (Å²) >= 11 is 0. The lowest BCUT2D eigenvalue weighted by Crippen LogP contribution is -2.49. The maximum absolute atomic E-state index is 12.3. The first-order valence-electron chi connectivity index (χ1n) is 9.24. The van der Waals surface area contributed by atoms with Crippen molar-refractivity contribution in [3.8, 4) is 0 Å². The predicted molar refractivity (Wildman–Crippen MR) is 102 cm³/mol. The van der Waals surface area contributed by atoms with Gasteiger partial charge in [-0.25, -0.2) is 13.1 Å². The number of aryl methyl sites for hydroxylation is 1. The van der Waals surface area contributed by atoms with E-state index in [4.69, 9.17) is 4.74 Å². The molecule has 0 radical (unpaired) electrons. The Morgan fingerprint density at radius 3 is 2.33 bits per heavy atom. The number of nitrogens with zero attached hydrogens (tertiary/aromatic N) is 1. The Morgan fingerprint density at radius 1 is 1.15 bits per heavy atom. The number of carbonyl (C=O) groups is 2. The van der Waals surface area contributed by atoms with E-state index in [1.165, 1.54) is 12.1 Å². The van der Waals surface area contributed by atoms with Crippen LogP contribution in [0.5, 0.6) is 0 Å². The van der Waals surface area contributed by atoms with Crippen molar-refractivity contribution in [2.24, 2.45) is 0 Å². The average Bonchev–Trinajstić information content (AvgIpc) is 2.60. The molecule has 0 spiro atoms. The van der Waals surface area contributed by atoms with Crippen LogP contribution in [0.3, 0.4) is 0 Å². The zero-order valence-electron chi connectivity index (χ0n) is 16.1. The fourth-order valence-corrected chi connectivity index (χ4v) is 4.32. The minimum absolute atomic E-state index is 0.0836. The highest BCUT2D eigenvalue weighted by Crippen LogP contribution is 2.22. The van der Waals surface area contributed by atoms with Gasteiger partial charge in [0.1, 0.15) is 0 Å². The van der Waals surface area contributed by atoms with E-state index in [0.29, 0.717) is 0 Å². The van der Waals surface area contributed by atoms with E-state index >= 15 is 0 Å². The van der Waals surface area contributed by atoms with Gasteiger partial charge in [0.15, 0.2) is 6.61 Å². The number of nitrogens with one attached hydrogen (secondary N) is 1. The van der Waals surface area contributed by atoms with Crippen molar-refractivity contribution in [1.82, 2.24) is 9.62 Å². The first-order valence-corrected chi connectivity index (χ1v) is 10.7. The van der Waals surface area contributed by atoms with Gasteiger partial charge in [0.05, 0.1) is 11.3 Å². The third-order valence-corrected chi connectivity index (χ3v) is 6.27. The van der Waals surface area contributed by atoms with E-state index in [9.17, 15) is 18.0 Å². The molecular weight excluding hydrogens is 368 g/mol. The summed E-state index contributed by atoms with van der Waals surface area (Å²) < 4.78 is 31.7. The fraction of sp³-hybridized carbons (Fsp3) is 0.579. The molecule has 7 nitrogen and oxygen atoms in total. The van der Waals surface area contributed by atoms with Crippen molar-refractivity contribution in [1.29, 1.82) is 0 Å². The molecule has 0 saturated carbocycles. The van der Waals surface area contributed by atoms with Gasteiger partial charge in [0.2, 0.25) is 10.0 Å². The van der Waals surface area contributed by atoms with Crippen LogP contribution in [0, 0.1) is 6.92 Å². The second-order valence-corrected chi connectivity index (χ2v) is 8.82. The number of hydrogen-bond acceptors (Lipinski definition) is 5. The summed E-state index contributed by atoms with van der Waals surface area (Å²) in [5.41, 5.74) is 0.958. The molecule has 1 saturated heterocycles. The summed E-state index contributed by atoms with van der Waals surface area (Å²) in [5, 5.41) is 0. The Labute approximate surface area is 161 Å². The molecule has 1 aliphatic rings. The number of rotatable bonds is 7. The topological polar surface area (TPSA) is 92.8 Å². The molecule has 1 N–H and O–H groups in total. The quantitative estimate of drug-likeness (QED) is 0.712. The molecule has 1 aliphatic heterocycles. The molecule has 1 heterocycles. The van der Waals surface area contributed by atoms with Gasteiger partial charge >= 0.3 is 5.97 Å². The number of hydrogen-bond donors (Lipinski definition) is 1. The molecule has 1 amide bonds. The smallest absolute Gasteiger partial charge is 0.307 e. The fourth-order valence-electron chi connectivity index (χ4n) is 3.29. The zero-order valence-corrected chi connectivity index (χ0v) is 16.9. The Kier molecular flexibility index (Phi) is 7.38. The van der Waals surface area contributed by atoms with Gasteiger partial charge < -0.3 is 9.64 Å². The molecule has 27 heavy (non-hydrogen) atoms. The highest BCUT2D eigenvalue weighted by molar-refractivity contribution is 7.89. The Hall–Kier alpha value is -1.93. The van der Waals surface area contributed by atoms with Crippen molar-refractivity contribution in [3.63, 3.8) is 0 Å². The van der Waals surface area contributed by atoms with Crippen LogP contribution in [0.15, 0.2) is 29.2 Å². The summed E-state index contributed by atoms with van der Waals surface area (Å²) in [6.07, 6.45) is 2.85. The second-order valence-electron chi connectivity index (χ2n) is 7.05. The first-order chi connectivity index (χ1) is 12.7. The minimum atomic E-state index is -3.67. The van der Waals surface area contributed by atoms with Gasteiger partial charge in [-0.15, -0.1) is 0 Å². The summed E-state index contributed by atoms with van der Waals surface area (Å²) in [4.78, 5) is 26.1. The Bertz CT molecular complexity index is 751. The first kappa shape index (κ1) is 21.4. The number of carbonyl (C=O) groups excluding carboxylic acids is 2. The van der Waals surface area contributed by atoms with Crippen molar-refractivity contribution < 1.29 is 22.7 Å². The molecule has 1 fully saturated rings. The number of esters is 1. The van der Waals surface area contributed by atoms with Gasteiger partial charge in [-0.2, -0.15) is 0 Å². The lowest BCUT2D eigenvalue weighted by Gasteiger charge is -2.38. The van der Waals surface area contributed by atoms with Crippen molar-refractivity contribution in [3.05, 3.63) is 29.8 Å². The van der Waals surface area contributed by atoms with Crippen LogP contribution in [0.25, 0.3) is 0 Å². The molecule has 1 aromatic rings. The summed E-state index contributed by atoms with van der Waals surface area (Å²) in [7, 11) is -3.67. The third kappa shape index (κ3) is 6.04. The van der Waals surface area contributed by atoms with Crippen molar-refractivity contribution in [2.45, 2.75) is 63.4 Å². The zero-order chi connectivity index (χ0) is 20.0. The average molecular weight is 397 g/mol. The maximum Gasteiger partial charge on any atom is 0.307 e. The van der Waals surface area contributed by atoms with E-state index in [0.717, 1.165) is 24.8 Å². The van der Waals surface area contributed by atoms with Gasteiger partial charge in [-0.05, 0) is 52.2 Å². The van der Waals surface area contributed by atoms with E-state index in [1.54, 1.807) is 17.0 Å². The lowest BCUT2D eigenvalue weighted by molar-refractivity contribution is -0.154. The van der Waals surface area contributed by atoms with Gasteiger partial charge in [0.25, 0.3) is 5.91 Å². The van der Waals surface area contributed by atoms with Crippen LogP contribution in [-0.4, -0.2) is 50.4 Å². The minimum Gasteiger partial charge on any atom is -0.456 e. The number of ether oxygens (including phenoxy) is 1. The molecule has 0 aliphatic carbocycles. The normalized spacial score (nSPS) is 20.3. The van der Waals surface area contributed by atoms with E-state index < -0.39 is 16.0 Å². The van der Waals surface area contributed by atoms with Crippen LogP contribution in [-0.2, 0) is 24.3 Å². The molecule has 150 valence electrons. The van der Waals surface area contributed by atoms with Gasteiger partial charge in [-0.3, -0.25) is 9.59 Å². The predicted octanol–water partition coefficient (Wildman–Crippen LogP) is 2.00. The van der Waals surface area contributed by atoms with E-state index in [2.05, 4.69) is 4.72 Å². The van der Waals surface area contributed by atoms with Crippen molar-refractivity contribution >= 4 is 21.9 Å². The van der Waals surface area contributed by atoms with Crippen LogP contribution in [0.4, 0.5) is 0 Å². The second kappa shape index (κ2) is 9.32. The molecule has 2 atom stereocenters. The Morgan fingerprint density at radius 2 is 1.74 bits per heavy atom. The van der Waals surface area contributed by atoms with Crippen LogP contribution in [0.2, 0.25) is 0 Å². The number of benzene rings is 1. The maximum atomic E-state index is 12.3. The summed E-state index contributed by atoms with van der Waals surface area (Å²) in [5.74, 6) is -0.810. The summed E-state index contributed by atoms with van der Waals surface area (Å²) in [6.45, 7) is 5.47. The molecule has 8 heteroatoms. The molecule has 2 unspecified atom stereocenters. The molecule has 1 aromatic carbocycles. The molecular formula is C19H28N2O5S. The number of amides is 1. The number of piperidine rings is 1. The molecule has 0 bridgehead atoms. The van der Waals surface area contributed by atoms with E-state index in [-0.39, 0.29) is 42.5 Å². The lowest BCUT2D eigenvalue weighted by atomic mass is 9.97. The van der Waals surface area contributed by atoms with Crippen LogP contribution in [0.1, 0.15) is 45.1 Å².